The molecule has 0 fully saturated rings. The minimum atomic E-state index is -1.51. The zero-order chi connectivity index (χ0) is 59.2. The maximum Gasteiger partial charge on any atom is 0.488 e. The standard InChI is InChI=1S/C72H92B2N4O6/c1-75(49-55-35-23-33-45-69(55)73(81)82)51-65-57-37-25-29-41-61(57)67(62-42-30-26-38-58(62)65)53-77(3)71(79)47-21-19-17-15-13-11-9-7-5-6-8-10-12-14-16-18-20-22-48-72(80)78(4)54-68-63-43-31-27-39-59(63)66(60-40-28-32-44-64(60)68)52-76(2)50-56-36-24-34-46-70(56)74(83)84/h23-46,81-84H,5-22,47-54H2,1-4H3. The molecule has 0 aliphatic heterocycles. The number of unbranched alkanes of at least 4 members (excludes halogenated alkanes) is 17. The van der Waals surface area contributed by atoms with E-state index in [0.717, 1.165) is 36.8 Å². The third-order valence-electron chi connectivity index (χ3n) is 17.4. The summed E-state index contributed by atoms with van der Waals surface area (Å²) in [5, 5.41) is 49.3. The average molecular weight is 1130 g/mol. The van der Waals surface area contributed by atoms with Gasteiger partial charge in [-0.2, -0.15) is 0 Å². The molecule has 0 atom stereocenters. The minimum Gasteiger partial charge on any atom is -0.423 e. The zero-order valence-corrected chi connectivity index (χ0v) is 50.8. The second kappa shape index (κ2) is 32.8. The van der Waals surface area contributed by atoms with Crippen molar-refractivity contribution in [1.82, 2.24) is 19.6 Å². The van der Waals surface area contributed by atoms with Gasteiger partial charge in [-0.1, -0.05) is 248 Å². The van der Waals surface area contributed by atoms with Crippen molar-refractivity contribution in [3.63, 3.8) is 0 Å². The van der Waals surface area contributed by atoms with E-state index in [1.807, 2.05) is 60.3 Å². The summed E-state index contributed by atoms with van der Waals surface area (Å²) in [5.41, 5.74) is 7.65. The van der Waals surface area contributed by atoms with Gasteiger partial charge in [0.25, 0.3) is 0 Å². The molecule has 0 saturated heterocycles. The van der Waals surface area contributed by atoms with E-state index < -0.39 is 14.2 Å². The highest BCUT2D eigenvalue weighted by Crippen LogP contribution is 2.37. The van der Waals surface area contributed by atoms with Crippen LogP contribution < -0.4 is 10.9 Å². The van der Waals surface area contributed by atoms with Gasteiger partial charge in [0, 0.05) is 66.2 Å². The predicted octanol–water partition coefficient (Wildman–Crippen LogP) is 13.3. The second-order valence-corrected chi connectivity index (χ2v) is 23.9. The van der Waals surface area contributed by atoms with Crippen LogP contribution in [0.1, 0.15) is 162 Å². The molecule has 0 aliphatic carbocycles. The third kappa shape index (κ3) is 17.6. The lowest BCUT2D eigenvalue weighted by molar-refractivity contribution is -0.131. The molecule has 2 amide bonds. The highest BCUT2D eigenvalue weighted by molar-refractivity contribution is 6.59. The summed E-state index contributed by atoms with van der Waals surface area (Å²) in [6.45, 7) is 3.63. The van der Waals surface area contributed by atoms with E-state index in [1.165, 1.54) is 155 Å². The Morgan fingerprint density at radius 1 is 0.298 bits per heavy atom. The summed E-state index contributed by atoms with van der Waals surface area (Å²) in [5.74, 6) is 0.398. The van der Waals surface area contributed by atoms with Gasteiger partial charge >= 0.3 is 14.2 Å². The first-order valence-electron chi connectivity index (χ1n) is 31.4. The Balaban J connectivity index is 0.648. The van der Waals surface area contributed by atoms with Crippen molar-refractivity contribution in [2.24, 2.45) is 0 Å². The van der Waals surface area contributed by atoms with Gasteiger partial charge in [0.05, 0.1) is 0 Å². The van der Waals surface area contributed by atoms with E-state index in [2.05, 4.69) is 121 Å². The van der Waals surface area contributed by atoms with E-state index in [-0.39, 0.29) is 11.8 Å². The summed E-state index contributed by atoms with van der Waals surface area (Å²) in [6, 6.07) is 49.1. The molecule has 8 aromatic carbocycles. The Labute approximate surface area is 501 Å². The SMILES string of the molecule is CN(Cc1ccccc1B(O)O)Cc1c2ccccc2c(CN(C)C(=O)CCCCCCCCCCCCCCCCCCCCC(=O)N(C)Cc2c3ccccc3c(CN(C)Cc3ccccc3B(O)O)c3ccccc23)c2ccccc12. The molecule has 442 valence electrons. The number of hydrogen-bond acceptors (Lipinski definition) is 8. The van der Waals surface area contributed by atoms with Crippen LogP contribution in [0.5, 0.6) is 0 Å². The summed E-state index contributed by atoms with van der Waals surface area (Å²) in [6.07, 6.45) is 23.3. The molecule has 0 heterocycles. The maximum atomic E-state index is 13.5. The number of carbonyl (C=O) groups is 2. The smallest absolute Gasteiger partial charge is 0.423 e. The van der Waals surface area contributed by atoms with Crippen LogP contribution in [0.25, 0.3) is 43.1 Å². The lowest BCUT2D eigenvalue weighted by Crippen LogP contribution is -2.35. The van der Waals surface area contributed by atoms with E-state index in [9.17, 15) is 29.7 Å². The minimum absolute atomic E-state index is 0.199. The molecular weight excluding hydrogens is 1040 g/mol. The molecule has 12 heteroatoms. The number of nitrogens with zero attached hydrogens (tertiary/aromatic N) is 4. The first kappa shape index (κ1) is 63.6. The number of amides is 2. The van der Waals surface area contributed by atoms with Gasteiger partial charge in [0.1, 0.15) is 0 Å². The first-order chi connectivity index (χ1) is 40.9. The van der Waals surface area contributed by atoms with Gasteiger partial charge < -0.3 is 29.9 Å². The van der Waals surface area contributed by atoms with Gasteiger partial charge in [-0.15, -0.1) is 0 Å². The van der Waals surface area contributed by atoms with Crippen LogP contribution in [0.15, 0.2) is 146 Å². The monoisotopic (exact) mass is 1130 g/mol. The van der Waals surface area contributed by atoms with Crippen LogP contribution in [-0.4, -0.2) is 93.9 Å². The van der Waals surface area contributed by atoms with Crippen molar-refractivity contribution in [2.75, 3.05) is 28.2 Å². The van der Waals surface area contributed by atoms with Crippen molar-refractivity contribution in [2.45, 2.75) is 168 Å². The number of fused-ring (bicyclic) bond motifs is 4. The zero-order valence-electron chi connectivity index (χ0n) is 50.8. The fourth-order valence-electron chi connectivity index (χ4n) is 12.8. The number of hydrogen-bond donors (Lipinski definition) is 4. The molecule has 8 aromatic rings. The Kier molecular flexibility index (Phi) is 24.8. The van der Waals surface area contributed by atoms with E-state index in [0.29, 0.717) is 63.0 Å². The highest BCUT2D eigenvalue weighted by Gasteiger charge is 2.23. The largest absolute Gasteiger partial charge is 0.488 e. The van der Waals surface area contributed by atoms with Crippen molar-refractivity contribution < 1.29 is 29.7 Å². The molecule has 4 N–H and O–H groups in total. The normalized spacial score (nSPS) is 11.7. The number of benzene rings is 8. The molecule has 0 bridgehead atoms. The lowest BCUT2D eigenvalue weighted by atomic mass is 9.77. The summed E-state index contributed by atoms with van der Waals surface area (Å²) < 4.78 is 0. The van der Waals surface area contributed by atoms with Crippen LogP contribution >= 0.6 is 0 Å². The molecule has 0 saturated carbocycles. The molecule has 0 aliphatic rings. The third-order valence-corrected chi connectivity index (χ3v) is 17.4. The Bertz CT molecular complexity index is 3050. The van der Waals surface area contributed by atoms with E-state index >= 15 is 0 Å². The van der Waals surface area contributed by atoms with E-state index in [1.54, 1.807) is 12.1 Å². The van der Waals surface area contributed by atoms with Gasteiger partial charge in [0.2, 0.25) is 11.8 Å². The van der Waals surface area contributed by atoms with Crippen LogP contribution in [-0.2, 0) is 48.9 Å². The lowest BCUT2D eigenvalue weighted by Gasteiger charge is -2.24. The van der Waals surface area contributed by atoms with Crippen molar-refractivity contribution in [3.8, 4) is 0 Å². The van der Waals surface area contributed by atoms with Gasteiger partial charge in [-0.05, 0) is 114 Å². The van der Waals surface area contributed by atoms with Crippen LogP contribution in [0, 0.1) is 0 Å². The van der Waals surface area contributed by atoms with Gasteiger partial charge in [0.15, 0.2) is 0 Å². The topological polar surface area (TPSA) is 128 Å². The summed E-state index contributed by atoms with van der Waals surface area (Å²) >= 11 is 0. The highest BCUT2D eigenvalue weighted by atomic mass is 16.4. The molecule has 0 radical (unpaired) electrons. The Hall–Kier alpha value is -6.37. The van der Waals surface area contributed by atoms with Crippen LogP contribution in [0.4, 0.5) is 0 Å². The van der Waals surface area contributed by atoms with Gasteiger partial charge in [-0.25, -0.2) is 0 Å². The van der Waals surface area contributed by atoms with Crippen LogP contribution in [0.2, 0.25) is 0 Å². The summed E-state index contributed by atoms with van der Waals surface area (Å²) in [4.78, 5) is 35.3. The number of carbonyl (C=O) groups excluding carboxylic acids is 2. The fourth-order valence-corrected chi connectivity index (χ4v) is 12.8. The maximum absolute atomic E-state index is 13.5. The second-order valence-electron chi connectivity index (χ2n) is 23.9. The van der Waals surface area contributed by atoms with Crippen LogP contribution in [0.3, 0.4) is 0 Å². The Morgan fingerprint density at radius 2 is 0.512 bits per heavy atom. The van der Waals surface area contributed by atoms with E-state index in [4.69, 9.17) is 0 Å². The molecule has 0 aromatic heterocycles. The first-order valence-corrected chi connectivity index (χ1v) is 31.4. The Morgan fingerprint density at radius 3 is 0.762 bits per heavy atom. The molecule has 8 rings (SSSR count). The average Bonchev–Trinajstić information content (AvgIpc) is 1.21. The molecule has 10 nitrogen and oxygen atoms in total. The van der Waals surface area contributed by atoms with Gasteiger partial charge in [-0.3, -0.25) is 19.4 Å². The molecule has 0 unspecified atom stereocenters. The predicted molar refractivity (Wildman–Crippen MR) is 351 cm³/mol. The van der Waals surface area contributed by atoms with Crippen molar-refractivity contribution >= 4 is 80.1 Å². The van der Waals surface area contributed by atoms with Crippen molar-refractivity contribution in [1.29, 1.82) is 0 Å². The van der Waals surface area contributed by atoms with Crippen molar-refractivity contribution in [3.05, 3.63) is 179 Å². The quantitative estimate of drug-likeness (QED) is 0.0176. The molecule has 0 spiro atoms. The fraction of sp³-hybridized carbons (Fsp3) is 0.417. The number of rotatable bonds is 35. The summed E-state index contributed by atoms with van der Waals surface area (Å²) in [7, 11) is 5.00. The molecule has 84 heavy (non-hydrogen) atoms. The molecular formula is C72H92B2N4O6.